The Morgan fingerprint density at radius 2 is 1.84 bits per heavy atom. The lowest BCUT2D eigenvalue weighted by Gasteiger charge is -2.19. The van der Waals surface area contributed by atoms with Crippen LogP contribution in [0.4, 0.5) is 13.2 Å². The fraction of sp³-hybridized carbons (Fsp3) is 0.417. The Balaban J connectivity index is 2.79. The zero-order chi connectivity index (χ0) is 14.6. The average molecular weight is 277 g/mol. The van der Waals surface area contributed by atoms with Gasteiger partial charge in [-0.1, -0.05) is 0 Å². The summed E-state index contributed by atoms with van der Waals surface area (Å²) in [7, 11) is 0. The highest BCUT2D eigenvalue weighted by molar-refractivity contribution is 5.72. The third kappa shape index (κ3) is 3.93. The van der Waals surface area contributed by atoms with Crippen LogP contribution in [0.1, 0.15) is 25.0 Å². The van der Waals surface area contributed by atoms with Crippen molar-refractivity contribution in [1.82, 2.24) is 5.32 Å². The summed E-state index contributed by atoms with van der Waals surface area (Å²) in [5.74, 6) is -4.34. The SMILES string of the molecule is CC(=O)NCCC(O)C(O)c1c(F)ccc(F)c1F. The zero-order valence-electron chi connectivity index (χ0n) is 10.2. The molecule has 0 fully saturated rings. The minimum Gasteiger partial charge on any atom is -0.390 e. The molecule has 0 radical (unpaired) electrons. The molecule has 0 saturated carbocycles. The van der Waals surface area contributed by atoms with Gasteiger partial charge in [-0.3, -0.25) is 4.79 Å². The predicted octanol–water partition coefficient (Wildman–Crippen LogP) is 1.02. The third-order valence-corrected chi connectivity index (χ3v) is 2.55. The van der Waals surface area contributed by atoms with Crippen LogP contribution in [0.5, 0.6) is 0 Å². The molecule has 1 aromatic carbocycles. The minimum absolute atomic E-state index is 0.0200. The first-order chi connectivity index (χ1) is 8.84. The molecule has 0 aliphatic rings. The lowest BCUT2D eigenvalue weighted by molar-refractivity contribution is -0.119. The summed E-state index contributed by atoms with van der Waals surface area (Å²) in [6, 6.07) is 1.25. The number of halogens is 3. The smallest absolute Gasteiger partial charge is 0.216 e. The molecule has 0 heterocycles. The van der Waals surface area contributed by atoms with Crippen LogP contribution in [0.2, 0.25) is 0 Å². The first-order valence-corrected chi connectivity index (χ1v) is 5.58. The van der Waals surface area contributed by atoms with Crippen molar-refractivity contribution in [3.63, 3.8) is 0 Å². The standard InChI is InChI=1S/C12H14F3NO3/c1-6(17)16-5-4-9(18)12(19)10-7(13)2-3-8(14)11(10)15/h2-3,9,12,18-19H,4-5H2,1H3,(H,16,17). The monoisotopic (exact) mass is 277 g/mol. The van der Waals surface area contributed by atoms with E-state index in [0.29, 0.717) is 12.1 Å². The highest BCUT2D eigenvalue weighted by Gasteiger charge is 2.26. The van der Waals surface area contributed by atoms with E-state index < -0.39 is 35.2 Å². The van der Waals surface area contributed by atoms with Crippen LogP contribution in [-0.4, -0.2) is 28.8 Å². The molecule has 19 heavy (non-hydrogen) atoms. The van der Waals surface area contributed by atoms with Crippen LogP contribution in [0.25, 0.3) is 0 Å². The number of aliphatic hydroxyl groups is 2. The van der Waals surface area contributed by atoms with Crippen LogP contribution in [0, 0.1) is 17.5 Å². The van der Waals surface area contributed by atoms with E-state index in [1.165, 1.54) is 6.92 Å². The fourth-order valence-electron chi connectivity index (χ4n) is 1.56. The number of carbonyl (C=O) groups is 1. The number of amides is 1. The van der Waals surface area contributed by atoms with Crippen molar-refractivity contribution in [2.45, 2.75) is 25.6 Å². The van der Waals surface area contributed by atoms with Crippen LogP contribution >= 0.6 is 0 Å². The van der Waals surface area contributed by atoms with Gasteiger partial charge < -0.3 is 15.5 Å². The molecule has 0 aliphatic carbocycles. The lowest BCUT2D eigenvalue weighted by atomic mass is 10.0. The van der Waals surface area contributed by atoms with Crippen molar-refractivity contribution in [3.05, 3.63) is 35.1 Å². The Labute approximate surface area is 107 Å². The van der Waals surface area contributed by atoms with Crippen molar-refractivity contribution in [2.24, 2.45) is 0 Å². The van der Waals surface area contributed by atoms with Gasteiger partial charge in [0.1, 0.15) is 11.9 Å². The van der Waals surface area contributed by atoms with E-state index in [1.807, 2.05) is 0 Å². The Kier molecular flexibility index (Phi) is 5.31. The van der Waals surface area contributed by atoms with Gasteiger partial charge in [0, 0.05) is 13.5 Å². The van der Waals surface area contributed by atoms with Gasteiger partial charge in [0.25, 0.3) is 0 Å². The van der Waals surface area contributed by atoms with Gasteiger partial charge in [-0.2, -0.15) is 0 Å². The molecule has 2 atom stereocenters. The van der Waals surface area contributed by atoms with E-state index >= 15 is 0 Å². The van der Waals surface area contributed by atoms with Gasteiger partial charge in [0.2, 0.25) is 5.91 Å². The summed E-state index contributed by atoms with van der Waals surface area (Å²) >= 11 is 0. The van der Waals surface area contributed by atoms with E-state index in [-0.39, 0.29) is 18.9 Å². The van der Waals surface area contributed by atoms with Gasteiger partial charge in [-0.25, -0.2) is 13.2 Å². The van der Waals surface area contributed by atoms with Crippen LogP contribution in [0.3, 0.4) is 0 Å². The minimum atomic E-state index is -1.91. The van der Waals surface area contributed by atoms with Crippen molar-refractivity contribution < 1.29 is 28.2 Å². The van der Waals surface area contributed by atoms with E-state index in [4.69, 9.17) is 0 Å². The number of aliphatic hydroxyl groups excluding tert-OH is 2. The summed E-state index contributed by atoms with van der Waals surface area (Å²) in [6.45, 7) is 1.28. The molecule has 0 bridgehead atoms. The number of carbonyl (C=O) groups excluding carboxylic acids is 1. The summed E-state index contributed by atoms with van der Waals surface area (Å²) in [5.41, 5.74) is -0.921. The molecule has 0 aliphatic heterocycles. The third-order valence-electron chi connectivity index (χ3n) is 2.55. The van der Waals surface area contributed by atoms with Crippen LogP contribution < -0.4 is 5.32 Å². The van der Waals surface area contributed by atoms with Crippen LogP contribution in [0.15, 0.2) is 12.1 Å². The zero-order valence-corrected chi connectivity index (χ0v) is 10.2. The first-order valence-electron chi connectivity index (χ1n) is 5.58. The molecular weight excluding hydrogens is 263 g/mol. The Morgan fingerprint density at radius 1 is 1.26 bits per heavy atom. The lowest BCUT2D eigenvalue weighted by Crippen LogP contribution is -2.28. The molecule has 0 aromatic heterocycles. The maximum Gasteiger partial charge on any atom is 0.216 e. The van der Waals surface area contributed by atoms with Gasteiger partial charge in [0.05, 0.1) is 11.7 Å². The highest BCUT2D eigenvalue weighted by Crippen LogP contribution is 2.26. The number of hydrogen-bond acceptors (Lipinski definition) is 3. The molecule has 0 spiro atoms. The predicted molar refractivity (Wildman–Crippen MR) is 60.6 cm³/mol. The van der Waals surface area contributed by atoms with Crippen molar-refractivity contribution >= 4 is 5.91 Å². The number of nitrogens with one attached hydrogen (secondary N) is 1. The fourth-order valence-corrected chi connectivity index (χ4v) is 1.56. The average Bonchev–Trinajstić information content (AvgIpc) is 2.33. The largest absolute Gasteiger partial charge is 0.390 e. The number of benzene rings is 1. The number of hydrogen-bond donors (Lipinski definition) is 3. The molecule has 3 N–H and O–H groups in total. The van der Waals surface area contributed by atoms with E-state index in [2.05, 4.69) is 5.32 Å². The molecule has 1 aromatic rings. The van der Waals surface area contributed by atoms with E-state index in [9.17, 15) is 28.2 Å². The van der Waals surface area contributed by atoms with Crippen LogP contribution in [-0.2, 0) is 4.79 Å². The molecule has 7 heteroatoms. The Bertz CT molecular complexity index is 468. The second kappa shape index (κ2) is 6.53. The Hall–Kier alpha value is -1.60. The summed E-state index contributed by atoms with van der Waals surface area (Å²) in [6.07, 6.45) is -3.57. The second-order valence-corrected chi connectivity index (χ2v) is 4.04. The molecule has 1 rings (SSSR count). The normalized spacial score (nSPS) is 14.0. The summed E-state index contributed by atoms with van der Waals surface area (Å²) < 4.78 is 39.7. The first kappa shape index (κ1) is 15.5. The van der Waals surface area contributed by atoms with E-state index in [0.717, 1.165) is 0 Å². The second-order valence-electron chi connectivity index (χ2n) is 4.04. The maximum absolute atomic E-state index is 13.4. The van der Waals surface area contributed by atoms with Gasteiger partial charge in [-0.05, 0) is 18.6 Å². The van der Waals surface area contributed by atoms with Crippen molar-refractivity contribution in [2.75, 3.05) is 6.54 Å². The molecule has 2 unspecified atom stereocenters. The van der Waals surface area contributed by atoms with E-state index in [1.54, 1.807) is 0 Å². The molecule has 106 valence electrons. The molecule has 4 nitrogen and oxygen atoms in total. The summed E-state index contributed by atoms with van der Waals surface area (Å²) in [5, 5.41) is 21.5. The molecular formula is C12H14F3NO3. The van der Waals surface area contributed by atoms with Gasteiger partial charge in [0.15, 0.2) is 11.6 Å². The maximum atomic E-state index is 13.4. The van der Waals surface area contributed by atoms with Crippen molar-refractivity contribution in [3.8, 4) is 0 Å². The highest BCUT2D eigenvalue weighted by atomic mass is 19.2. The molecule has 1 amide bonds. The summed E-state index contributed by atoms with van der Waals surface area (Å²) in [4.78, 5) is 10.6. The number of rotatable bonds is 5. The topological polar surface area (TPSA) is 69.6 Å². The van der Waals surface area contributed by atoms with Gasteiger partial charge in [-0.15, -0.1) is 0 Å². The quantitative estimate of drug-likeness (QED) is 0.704. The Morgan fingerprint density at radius 3 is 2.42 bits per heavy atom. The molecule has 0 saturated heterocycles. The van der Waals surface area contributed by atoms with Gasteiger partial charge >= 0.3 is 0 Å². The van der Waals surface area contributed by atoms with Crippen molar-refractivity contribution in [1.29, 1.82) is 0 Å².